The summed E-state index contributed by atoms with van der Waals surface area (Å²) in [7, 11) is 1.72. The van der Waals surface area contributed by atoms with Gasteiger partial charge in [0.1, 0.15) is 5.75 Å². The van der Waals surface area contributed by atoms with E-state index in [2.05, 4.69) is 23.1 Å². The molecule has 6 heteroatoms. The van der Waals surface area contributed by atoms with E-state index in [1.54, 1.807) is 18.4 Å². The van der Waals surface area contributed by atoms with Crippen molar-refractivity contribution in [3.63, 3.8) is 0 Å². The van der Waals surface area contributed by atoms with E-state index in [4.69, 9.17) is 4.74 Å². The number of likely N-dealkylation sites (tertiary alicyclic amines) is 2. The summed E-state index contributed by atoms with van der Waals surface area (Å²) in [4.78, 5) is 18.9. The standard InChI is InChI=1S/C27H34N2O3S/c1-32-21-7-6-20-15-24-27(31)10-13-28(25(30)17-22-3-2-14-33-22)11-8-26(27,23(20)16-21)9-12-29(24)18-19-4-5-19/h2-3,6-7,14,16,19,24,31H,4-5,8-13,15,17-18H2,1H3/t24-,26+,27-/m1/s1. The molecule has 4 aliphatic rings. The molecule has 1 amide bonds. The van der Waals surface area contributed by atoms with E-state index >= 15 is 0 Å². The average Bonchev–Trinajstić information content (AvgIpc) is 3.52. The van der Waals surface area contributed by atoms with Gasteiger partial charge in [0, 0.05) is 36.0 Å². The molecule has 2 aromatic rings. The molecule has 1 N–H and O–H groups in total. The van der Waals surface area contributed by atoms with Crippen LogP contribution >= 0.6 is 11.3 Å². The molecule has 0 unspecified atom stereocenters. The minimum absolute atomic E-state index is 0.125. The van der Waals surface area contributed by atoms with Gasteiger partial charge in [-0.25, -0.2) is 0 Å². The molecule has 3 atom stereocenters. The summed E-state index contributed by atoms with van der Waals surface area (Å²) in [5.41, 5.74) is 1.47. The highest BCUT2D eigenvalue weighted by Gasteiger charge is 2.63. The second-order valence-electron chi connectivity index (χ2n) is 10.6. The van der Waals surface area contributed by atoms with Crippen LogP contribution in [0.5, 0.6) is 5.75 Å². The number of hydrogen-bond acceptors (Lipinski definition) is 5. The molecule has 3 heterocycles. The van der Waals surface area contributed by atoms with Crippen LogP contribution in [0.25, 0.3) is 0 Å². The maximum absolute atomic E-state index is 13.2. The summed E-state index contributed by atoms with van der Waals surface area (Å²) in [5, 5.41) is 14.6. The van der Waals surface area contributed by atoms with Crippen molar-refractivity contribution in [2.24, 2.45) is 5.92 Å². The van der Waals surface area contributed by atoms with Gasteiger partial charge in [-0.05, 0) is 85.7 Å². The zero-order valence-electron chi connectivity index (χ0n) is 19.5. The fraction of sp³-hybridized carbons (Fsp3) is 0.593. The van der Waals surface area contributed by atoms with Crippen LogP contribution in [-0.4, -0.2) is 65.7 Å². The van der Waals surface area contributed by atoms with Crippen molar-refractivity contribution in [1.82, 2.24) is 9.80 Å². The summed E-state index contributed by atoms with van der Waals surface area (Å²) >= 11 is 1.64. The van der Waals surface area contributed by atoms with Crippen molar-refractivity contribution in [2.75, 3.05) is 33.3 Å². The fourth-order valence-electron chi connectivity index (χ4n) is 6.91. The van der Waals surface area contributed by atoms with Crippen LogP contribution in [-0.2, 0) is 23.1 Å². The molecular formula is C27H34N2O3S. The van der Waals surface area contributed by atoms with E-state index in [1.165, 1.54) is 24.0 Å². The summed E-state index contributed by atoms with van der Waals surface area (Å²) in [6.07, 6.45) is 6.40. The second-order valence-corrected chi connectivity index (χ2v) is 11.6. The number of carbonyl (C=O) groups excluding carboxylic acids is 1. The average molecular weight is 467 g/mol. The van der Waals surface area contributed by atoms with Crippen molar-refractivity contribution in [3.05, 3.63) is 51.7 Å². The van der Waals surface area contributed by atoms with Gasteiger partial charge in [-0.1, -0.05) is 12.1 Å². The van der Waals surface area contributed by atoms with Gasteiger partial charge in [-0.3, -0.25) is 9.69 Å². The number of thiophene rings is 1. The number of carbonyl (C=O) groups is 1. The van der Waals surface area contributed by atoms with Gasteiger partial charge < -0.3 is 14.7 Å². The van der Waals surface area contributed by atoms with Crippen LogP contribution in [0.2, 0.25) is 0 Å². The minimum atomic E-state index is -0.822. The normalized spacial score (nSPS) is 31.5. The van der Waals surface area contributed by atoms with Crippen molar-refractivity contribution in [1.29, 1.82) is 0 Å². The third-order valence-corrected chi connectivity index (χ3v) is 9.79. The molecule has 1 saturated carbocycles. The van der Waals surface area contributed by atoms with Gasteiger partial charge in [0.05, 0.1) is 19.1 Å². The zero-order chi connectivity index (χ0) is 22.6. The van der Waals surface area contributed by atoms with E-state index in [0.29, 0.717) is 25.9 Å². The first kappa shape index (κ1) is 21.6. The number of piperidine rings is 1. The second kappa shape index (κ2) is 8.10. The van der Waals surface area contributed by atoms with Gasteiger partial charge in [0.15, 0.2) is 0 Å². The zero-order valence-corrected chi connectivity index (χ0v) is 20.3. The SMILES string of the molecule is COc1ccc2c(c1)[C@@]13CCN(C(=O)Cc4cccs4)CC[C@@]1(O)[C@@H](C2)N(CC1CC1)CC3. The molecule has 1 aromatic carbocycles. The van der Waals surface area contributed by atoms with Crippen LogP contribution in [0.3, 0.4) is 0 Å². The highest BCUT2D eigenvalue weighted by Crippen LogP contribution is 2.56. The van der Waals surface area contributed by atoms with Crippen LogP contribution in [0, 0.1) is 5.92 Å². The highest BCUT2D eigenvalue weighted by molar-refractivity contribution is 7.10. The topological polar surface area (TPSA) is 53.0 Å². The molecular weight excluding hydrogens is 432 g/mol. The van der Waals surface area contributed by atoms with Crippen LogP contribution in [0.4, 0.5) is 0 Å². The van der Waals surface area contributed by atoms with Gasteiger partial charge in [-0.2, -0.15) is 0 Å². The summed E-state index contributed by atoms with van der Waals surface area (Å²) in [6.45, 7) is 3.48. The summed E-state index contributed by atoms with van der Waals surface area (Å²) in [6, 6.07) is 10.6. The molecule has 2 saturated heterocycles. The number of rotatable bonds is 5. The Morgan fingerprint density at radius 3 is 2.76 bits per heavy atom. The first-order valence-corrected chi connectivity index (χ1v) is 13.3. The molecule has 6 rings (SSSR count). The van der Waals surface area contributed by atoms with Crippen molar-refractivity contribution in [3.8, 4) is 5.75 Å². The molecule has 2 bridgehead atoms. The number of methoxy groups -OCH3 is 1. The highest BCUT2D eigenvalue weighted by atomic mass is 32.1. The predicted octanol–water partition coefficient (Wildman–Crippen LogP) is 3.63. The molecule has 5 nitrogen and oxygen atoms in total. The molecule has 2 aliphatic carbocycles. The van der Waals surface area contributed by atoms with Crippen molar-refractivity contribution < 1.29 is 14.6 Å². The maximum atomic E-state index is 13.2. The summed E-state index contributed by atoms with van der Waals surface area (Å²) in [5.74, 6) is 1.85. The number of nitrogens with zero attached hydrogens (tertiary/aromatic N) is 2. The first-order valence-electron chi connectivity index (χ1n) is 12.5. The number of hydrogen-bond donors (Lipinski definition) is 1. The number of benzene rings is 1. The van der Waals surface area contributed by atoms with Crippen LogP contribution < -0.4 is 4.74 Å². The number of amides is 1. The van der Waals surface area contributed by atoms with Crippen molar-refractivity contribution in [2.45, 2.75) is 62.0 Å². The van der Waals surface area contributed by atoms with Crippen molar-refractivity contribution >= 4 is 17.2 Å². The molecule has 0 spiro atoms. The Bertz CT molecular complexity index is 1040. The van der Waals surface area contributed by atoms with Crippen LogP contribution in [0.15, 0.2) is 35.7 Å². The van der Waals surface area contributed by atoms with Gasteiger partial charge >= 0.3 is 0 Å². The lowest BCUT2D eigenvalue weighted by molar-refractivity contribution is -0.149. The monoisotopic (exact) mass is 466 g/mol. The van der Waals surface area contributed by atoms with Crippen LogP contribution in [0.1, 0.15) is 48.1 Å². The number of ether oxygens (including phenoxy) is 1. The third kappa shape index (κ3) is 3.53. The van der Waals surface area contributed by atoms with Gasteiger partial charge in [0.2, 0.25) is 5.91 Å². The van der Waals surface area contributed by atoms with Gasteiger partial charge in [0.25, 0.3) is 0 Å². The Morgan fingerprint density at radius 2 is 2.00 bits per heavy atom. The molecule has 33 heavy (non-hydrogen) atoms. The number of aliphatic hydroxyl groups is 1. The molecule has 3 fully saturated rings. The molecule has 2 aliphatic heterocycles. The smallest absolute Gasteiger partial charge is 0.227 e. The van der Waals surface area contributed by atoms with E-state index in [-0.39, 0.29) is 17.4 Å². The van der Waals surface area contributed by atoms with E-state index < -0.39 is 5.60 Å². The Labute approximate surface area is 200 Å². The molecule has 176 valence electrons. The quantitative estimate of drug-likeness (QED) is 0.731. The lowest BCUT2D eigenvalue weighted by atomic mass is 9.52. The molecule has 1 aromatic heterocycles. The molecule has 0 radical (unpaired) electrons. The number of fused-ring (bicyclic) bond motifs is 1. The Kier molecular flexibility index (Phi) is 5.31. The third-order valence-electron chi connectivity index (χ3n) is 8.91. The Hall–Kier alpha value is -1.89. The Balaban J connectivity index is 1.36. The van der Waals surface area contributed by atoms with Gasteiger partial charge in [-0.15, -0.1) is 11.3 Å². The largest absolute Gasteiger partial charge is 0.497 e. The Morgan fingerprint density at radius 1 is 1.18 bits per heavy atom. The van der Waals surface area contributed by atoms with E-state index in [1.807, 2.05) is 22.4 Å². The fourth-order valence-corrected chi connectivity index (χ4v) is 7.60. The predicted molar refractivity (Wildman–Crippen MR) is 130 cm³/mol. The minimum Gasteiger partial charge on any atom is -0.497 e. The lowest BCUT2D eigenvalue weighted by Gasteiger charge is -2.61. The van der Waals surface area contributed by atoms with E-state index in [0.717, 1.165) is 48.9 Å². The first-order chi connectivity index (χ1) is 16.0. The summed E-state index contributed by atoms with van der Waals surface area (Å²) < 4.78 is 5.60. The van der Waals surface area contributed by atoms with E-state index in [9.17, 15) is 9.90 Å². The maximum Gasteiger partial charge on any atom is 0.227 e. The lowest BCUT2D eigenvalue weighted by Crippen LogP contribution is -2.71.